The van der Waals surface area contributed by atoms with Crippen LogP contribution < -0.4 is 18.9 Å². The van der Waals surface area contributed by atoms with Gasteiger partial charge in [-0.3, -0.25) is 4.79 Å². The standard InChI is InChI=1S/C28H29N3O5/c1-6-21-26(16-7-9-19(33-2)10-8-16)28-29-22-11-17(12-23(32)20(22)15-31(28)30-21)18-13-24(34-3)27(36-5)25(14-18)35-4/h7-10,13-15,17H,6,11-12H2,1-5H3. The summed E-state index contributed by atoms with van der Waals surface area (Å²) in [5.41, 5.74) is 6.01. The third-order valence-corrected chi connectivity index (χ3v) is 6.80. The maximum atomic E-state index is 13.3. The Morgan fingerprint density at radius 2 is 1.64 bits per heavy atom. The van der Waals surface area contributed by atoms with Crippen LogP contribution in [-0.2, 0) is 12.8 Å². The van der Waals surface area contributed by atoms with E-state index >= 15 is 0 Å². The number of rotatable bonds is 7. The summed E-state index contributed by atoms with van der Waals surface area (Å²) in [5.74, 6) is 2.44. The van der Waals surface area contributed by atoms with Crippen LogP contribution in [0.1, 0.15) is 46.6 Å². The molecule has 36 heavy (non-hydrogen) atoms. The Morgan fingerprint density at radius 3 is 2.22 bits per heavy atom. The number of ketones is 1. The van der Waals surface area contributed by atoms with E-state index in [9.17, 15) is 4.79 Å². The van der Waals surface area contributed by atoms with E-state index in [1.54, 1.807) is 33.0 Å². The zero-order chi connectivity index (χ0) is 25.4. The summed E-state index contributed by atoms with van der Waals surface area (Å²) in [6, 6.07) is 11.7. The van der Waals surface area contributed by atoms with Gasteiger partial charge in [-0.15, -0.1) is 0 Å². The molecule has 2 aromatic carbocycles. The highest BCUT2D eigenvalue weighted by molar-refractivity contribution is 5.99. The van der Waals surface area contributed by atoms with Gasteiger partial charge < -0.3 is 18.9 Å². The van der Waals surface area contributed by atoms with Gasteiger partial charge >= 0.3 is 0 Å². The number of methoxy groups -OCH3 is 4. The lowest BCUT2D eigenvalue weighted by atomic mass is 9.82. The Balaban J connectivity index is 1.60. The number of carbonyl (C=O) groups excluding carboxylic acids is 1. The number of hydrogen-bond acceptors (Lipinski definition) is 7. The van der Waals surface area contributed by atoms with Crippen molar-refractivity contribution in [2.45, 2.75) is 32.1 Å². The first kappa shape index (κ1) is 23.7. The van der Waals surface area contributed by atoms with Crippen molar-refractivity contribution in [3.05, 3.63) is 65.1 Å². The number of nitrogens with zero attached hydrogens (tertiary/aromatic N) is 3. The fourth-order valence-electron chi connectivity index (χ4n) is 4.95. The summed E-state index contributed by atoms with van der Waals surface area (Å²) >= 11 is 0. The first-order valence-corrected chi connectivity index (χ1v) is 11.9. The summed E-state index contributed by atoms with van der Waals surface area (Å²) in [6.07, 6.45) is 3.56. The Hall–Kier alpha value is -4.07. The quantitative estimate of drug-likeness (QED) is 0.366. The van der Waals surface area contributed by atoms with Crippen molar-refractivity contribution >= 4 is 11.4 Å². The minimum Gasteiger partial charge on any atom is -0.497 e. The highest BCUT2D eigenvalue weighted by Gasteiger charge is 2.31. The minimum atomic E-state index is -0.0633. The first-order chi connectivity index (χ1) is 17.5. The minimum absolute atomic E-state index is 0.0453. The smallest absolute Gasteiger partial charge is 0.203 e. The fraction of sp³-hybridized carbons (Fsp3) is 0.321. The van der Waals surface area contributed by atoms with Gasteiger partial charge in [0.05, 0.1) is 45.4 Å². The molecule has 0 amide bonds. The maximum absolute atomic E-state index is 13.3. The fourth-order valence-corrected chi connectivity index (χ4v) is 4.95. The highest BCUT2D eigenvalue weighted by Crippen LogP contribution is 2.43. The Bertz CT molecular complexity index is 1420. The topological polar surface area (TPSA) is 84.2 Å². The number of fused-ring (bicyclic) bond motifs is 2. The van der Waals surface area contributed by atoms with Crippen LogP contribution in [0.3, 0.4) is 0 Å². The summed E-state index contributed by atoms with van der Waals surface area (Å²) in [7, 11) is 6.40. The van der Waals surface area contributed by atoms with Crippen LogP contribution in [0.25, 0.3) is 16.8 Å². The van der Waals surface area contributed by atoms with Crippen LogP contribution in [-0.4, -0.2) is 48.8 Å². The number of aromatic nitrogens is 3. The molecule has 5 rings (SSSR count). The van der Waals surface area contributed by atoms with Crippen molar-refractivity contribution in [3.8, 4) is 34.1 Å². The molecule has 0 bridgehead atoms. The molecule has 0 radical (unpaired) electrons. The van der Waals surface area contributed by atoms with Crippen LogP contribution in [0, 0.1) is 0 Å². The molecular formula is C28H29N3O5. The summed E-state index contributed by atoms with van der Waals surface area (Å²) in [4.78, 5) is 18.3. The normalized spacial score (nSPS) is 15.0. The molecule has 1 aliphatic carbocycles. The van der Waals surface area contributed by atoms with E-state index in [2.05, 4.69) is 6.92 Å². The van der Waals surface area contributed by atoms with Crippen LogP contribution in [0.15, 0.2) is 42.6 Å². The number of Topliss-reactive ketones (excluding diaryl/α,β-unsaturated/α-hetero) is 1. The van der Waals surface area contributed by atoms with Crippen molar-refractivity contribution in [3.63, 3.8) is 0 Å². The van der Waals surface area contributed by atoms with Gasteiger partial charge in [-0.05, 0) is 54.2 Å². The third kappa shape index (κ3) is 3.92. The molecule has 0 N–H and O–H groups in total. The molecule has 0 saturated carbocycles. The van der Waals surface area contributed by atoms with Gasteiger partial charge in [0.2, 0.25) is 5.75 Å². The summed E-state index contributed by atoms with van der Waals surface area (Å²) < 4.78 is 23.6. The van der Waals surface area contributed by atoms with E-state index in [1.165, 1.54) is 0 Å². The van der Waals surface area contributed by atoms with Crippen molar-refractivity contribution in [1.29, 1.82) is 0 Å². The van der Waals surface area contributed by atoms with E-state index in [1.807, 2.05) is 42.6 Å². The molecule has 0 spiro atoms. The average molecular weight is 488 g/mol. The zero-order valence-electron chi connectivity index (χ0n) is 21.1. The third-order valence-electron chi connectivity index (χ3n) is 6.80. The number of carbonyl (C=O) groups is 1. The van der Waals surface area contributed by atoms with Crippen molar-refractivity contribution in [1.82, 2.24) is 14.6 Å². The van der Waals surface area contributed by atoms with Crippen LogP contribution in [0.4, 0.5) is 0 Å². The molecular weight excluding hydrogens is 458 g/mol. The average Bonchev–Trinajstić information content (AvgIpc) is 3.28. The van der Waals surface area contributed by atoms with Crippen molar-refractivity contribution < 1.29 is 23.7 Å². The second-order valence-corrected chi connectivity index (χ2v) is 8.76. The highest BCUT2D eigenvalue weighted by atomic mass is 16.5. The Kier molecular flexibility index (Phi) is 6.26. The second-order valence-electron chi connectivity index (χ2n) is 8.76. The number of ether oxygens (including phenoxy) is 4. The molecule has 0 fully saturated rings. The van der Waals surface area contributed by atoms with Gasteiger partial charge in [0, 0.05) is 18.2 Å². The first-order valence-electron chi connectivity index (χ1n) is 11.9. The van der Waals surface area contributed by atoms with Crippen LogP contribution in [0.2, 0.25) is 0 Å². The van der Waals surface area contributed by atoms with Gasteiger partial charge in [-0.1, -0.05) is 19.1 Å². The number of hydrogen-bond donors (Lipinski definition) is 0. The molecule has 8 nitrogen and oxygen atoms in total. The zero-order valence-corrected chi connectivity index (χ0v) is 21.1. The van der Waals surface area contributed by atoms with Gasteiger partial charge in [-0.2, -0.15) is 5.10 Å². The number of benzene rings is 2. The molecule has 2 heterocycles. The molecule has 1 unspecified atom stereocenters. The lowest BCUT2D eigenvalue weighted by Crippen LogP contribution is -2.21. The molecule has 1 atom stereocenters. The molecule has 8 heteroatoms. The maximum Gasteiger partial charge on any atom is 0.203 e. The van der Waals surface area contributed by atoms with Crippen molar-refractivity contribution in [2.75, 3.05) is 28.4 Å². The molecule has 186 valence electrons. The monoisotopic (exact) mass is 487 g/mol. The van der Waals surface area contributed by atoms with Gasteiger partial charge in [0.15, 0.2) is 22.9 Å². The number of aryl methyl sites for hydroxylation is 1. The predicted octanol–water partition coefficient (Wildman–Crippen LogP) is 4.91. The SMILES string of the molecule is CCc1nn2cc3c(nc2c1-c1ccc(OC)cc1)CC(c1cc(OC)c(OC)c(OC)c1)CC3=O. The largest absolute Gasteiger partial charge is 0.497 e. The van der Waals surface area contributed by atoms with Gasteiger partial charge in [0.25, 0.3) is 0 Å². The van der Waals surface area contributed by atoms with Crippen molar-refractivity contribution in [2.24, 2.45) is 0 Å². The lowest BCUT2D eigenvalue weighted by molar-refractivity contribution is 0.0962. The van der Waals surface area contributed by atoms with Gasteiger partial charge in [0.1, 0.15) is 5.75 Å². The van der Waals surface area contributed by atoms with E-state index in [0.717, 1.165) is 45.9 Å². The Morgan fingerprint density at radius 1 is 0.944 bits per heavy atom. The second kappa shape index (κ2) is 9.53. The lowest BCUT2D eigenvalue weighted by Gasteiger charge is -2.24. The molecule has 0 saturated heterocycles. The molecule has 2 aromatic heterocycles. The van der Waals surface area contributed by atoms with Gasteiger partial charge in [-0.25, -0.2) is 9.50 Å². The molecule has 1 aliphatic rings. The van der Waals surface area contributed by atoms with E-state index in [-0.39, 0.29) is 11.7 Å². The van der Waals surface area contributed by atoms with Crippen LogP contribution in [0.5, 0.6) is 23.0 Å². The van der Waals surface area contributed by atoms with Crippen LogP contribution >= 0.6 is 0 Å². The van der Waals surface area contributed by atoms with E-state index in [4.69, 9.17) is 29.0 Å². The predicted molar refractivity (Wildman–Crippen MR) is 136 cm³/mol. The molecule has 0 aliphatic heterocycles. The summed E-state index contributed by atoms with van der Waals surface area (Å²) in [5, 5.41) is 4.76. The Labute approximate surface area is 209 Å². The molecule has 4 aromatic rings. The van der Waals surface area contributed by atoms with E-state index < -0.39 is 0 Å². The summed E-state index contributed by atoms with van der Waals surface area (Å²) in [6.45, 7) is 2.07. The van der Waals surface area contributed by atoms with E-state index in [0.29, 0.717) is 35.7 Å².